The fraction of sp³-hybridized carbons (Fsp3) is 0.750. The maximum atomic E-state index is 12.2. The van der Waals surface area contributed by atoms with E-state index in [0.717, 1.165) is 0 Å². The van der Waals surface area contributed by atoms with Gasteiger partial charge in [0.25, 0.3) is 8.32 Å². The van der Waals surface area contributed by atoms with Crippen molar-refractivity contribution in [2.24, 2.45) is 5.41 Å². The maximum absolute atomic E-state index is 12.2. The summed E-state index contributed by atoms with van der Waals surface area (Å²) in [6, 6.07) is 0. The van der Waals surface area contributed by atoms with Gasteiger partial charge in [-0.1, -0.05) is 34.6 Å². The van der Waals surface area contributed by atoms with Crippen LogP contribution in [0.5, 0.6) is 5.75 Å². The van der Waals surface area contributed by atoms with Crippen LogP contribution in [0, 0.1) is 5.41 Å². The van der Waals surface area contributed by atoms with Crippen LogP contribution in [0.3, 0.4) is 0 Å². The van der Waals surface area contributed by atoms with E-state index in [1.807, 2.05) is 6.92 Å². The van der Waals surface area contributed by atoms with Crippen LogP contribution in [-0.2, 0) is 20.6 Å². The summed E-state index contributed by atoms with van der Waals surface area (Å²) in [6.07, 6.45) is 1.75. The SMILES string of the molecule is COC(=O)c1coc(CC2(C)OCC(C)(C)CO2)c1O[Si](C)(C)C(C)(C)C. The number of carbonyl (C=O) groups excluding carboxylic acids is 1. The molecule has 0 aliphatic carbocycles. The molecule has 2 rings (SSSR count). The third-order valence-corrected chi connectivity index (χ3v) is 9.73. The first-order chi connectivity index (χ1) is 12.2. The van der Waals surface area contributed by atoms with Crippen molar-refractivity contribution in [1.29, 1.82) is 0 Å². The number of ether oxygens (including phenoxy) is 3. The summed E-state index contributed by atoms with van der Waals surface area (Å²) in [5.41, 5.74) is 0.275. The molecule has 1 aromatic heterocycles. The predicted octanol–water partition coefficient (Wildman–Crippen LogP) is 4.78. The first-order valence-corrected chi connectivity index (χ1v) is 12.3. The van der Waals surface area contributed by atoms with E-state index < -0.39 is 20.1 Å². The van der Waals surface area contributed by atoms with E-state index in [1.54, 1.807) is 0 Å². The molecular weight excluding hydrogens is 364 g/mol. The number of methoxy groups -OCH3 is 1. The number of hydrogen-bond donors (Lipinski definition) is 0. The molecule has 0 radical (unpaired) electrons. The highest BCUT2D eigenvalue weighted by Crippen LogP contribution is 2.42. The maximum Gasteiger partial charge on any atom is 0.344 e. The van der Waals surface area contributed by atoms with Gasteiger partial charge in [-0.15, -0.1) is 0 Å². The molecule has 7 heteroatoms. The molecule has 2 heterocycles. The van der Waals surface area contributed by atoms with E-state index in [2.05, 4.69) is 47.7 Å². The van der Waals surface area contributed by atoms with Crippen molar-refractivity contribution in [3.05, 3.63) is 17.6 Å². The van der Waals surface area contributed by atoms with Crippen molar-refractivity contribution < 1.29 is 27.8 Å². The highest BCUT2D eigenvalue weighted by Gasteiger charge is 2.43. The van der Waals surface area contributed by atoms with Gasteiger partial charge < -0.3 is 23.1 Å². The predicted molar refractivity (Wildman–Crippen MR) is 106 cm³/mol. The van der Waals surface area contributed by atoms with Gasteiger partial charge in [-0.3, -0.25) is 0 Å². The molecule has 0 bridgehead atoms. The summed E-state index contributed by atoms with van der Waals surface area (Å²) in [6.45, 7) is 18.0. The van der Waals surface area contributed by atoms with Gasteiger partial charge in [0.05, 0.1) is 26.7 Å². The molecule has 0 saturated carbocycles. The van der Waals surface area contributed by atoms with Crippen LogP contribution in [0.25, 0.3) is 0 Å². The van der Waals surface area contributed by atoms with Crippen molar-refractivity contribution in [2.45, 2.75) is 71.9 Å². The molecule has 1 aliphatic rings. The lowest BCUT2D eigenvalue weighted by molar-refractivity contribution is -0.289. The second-order valence-corrected chi connectivity index (χ2v) is 14.5. The van der Waals surface area contributed by atoms with Crippen molar-refractivity contribution in [3.8, 4) is 5.75 Å². The van der Waals surface area contributed by atoms with Crippen molar-refractivity contribution in [1.82, 2.24) is 0 Å². The van der Waals surface area contributed by atoms with Gasteiger partial charge in [-0.25, -0.2) is 4.79 Å². The second-order valence-electron chi connectivity index (χ2n) is 9.81. The van der Waals surface area contributed by atoms with E-state index in [4.69, 9.17) is 23.1 Å². The Morgan fingerprint density at radius 2 is 1.74 bits per heavy atom. The first kappa shape index (κ1) is 22.0. The summed E-state index contributed by atoms with van der Waals surface area (Å²) in [5, 5.41) is -0.0271. The van der Waals surface area contributed by atoms with Gasteiger partial charge >= 0.3 is 5.97 Å². The fourth-order valence-electron chi connectivity index (χ4n) is 2.45. The van der Waals surface area contributed by atoms with Crippen molar-refractivity contribution in [2.75, 3.05) is 20.3 Å². The highest BCUT2D eigenvalue weighted by atomic mass is 28.4. The quantitative estimate of drug-likeness (QED) is 0.525. The molecule has 0 spiro atoms. The zero-order valence-electron chi connectivity index (χ0n) is 18.1. The second kappa shape index (κ2) is 7.26. The van der Waals surface area contributed by atoms with Crippen LogP contribution in [0.2, 0.25) is 18.1 Å². The summed E-state index contributed by atoms with van der Waals surface area (Å²) in [5.74, 6) is -0.309. The van der Waals surface area contributed by atoms with Gasteiger partial charge in [-0.05, 0) is 25.1 Å². The van der Waals surface area contributed by atoms with Gasteiger partial charge in [0.2, 0.25) is 0 Å². The van der Waals surface area contributed by atoms with Gasteiger partial charge in [0.15, 0.2) is 17.3 Å². The Hall–Kier alpha value is -1.31. The fourth-order valence-corrected chi connectivity index (χ4v) is 3.49. The monoisotopic (exact) mass is 398 g/mol. The number of esters is 1. The molecule has 0 N–H and O–H groups in total. The Balaban J connectivity index is 2.34. The molecule has 6 nitrogen and oxygen atoms in total. The molecule has 1 aromatic rings. The van der Waals surface area contributed by atoms with E-state index in [1.165, 1.54) is 13.4 Å². The largest absolute Gasteiger partial charge is 0.541 e. The average molecular weight is 399 g/mol. The van der Waals surface area contributed by atoms with Crippen molar-refractivity contribution >= 4 is 14.3 Å². The number of hydrogen-bond acceptors (Lipinski definition) is 6. The van der Waals surface area contributed by atoms with Crippen LogP contribution in [-0.4, -0.2) is 40.4 Å². The molecule has 0 atom stereocenters. The molecule has 1 aliphatic heterocycles. The Morgan fingerprint density at radius 1 is 1.19 bits per heavy atom. The summed E-state index contributed by atoms with van der Waals surface area (Å²) < 4.78 is 29.1. The van der Waals surface area contributed by atoms with Crippen LogP contribution < -0.4 is 4.43 Å². The minimum Gasteiger partial charge on any atom is -0.541 e. The molecule has 0 unspecified atom stereocenters. The molecule has 27 heavy (non-hydrogen) atoms. The highest BCUT2D eigenvalue weighted by molar-refractivity contribution is 6.74. The van der Waals surface area contributed by atoms with Crippen LogP contribution in [0.1, 0.15) is 57.7 Å². The molecular formula is C20H34O6Si. The Bertz CT molecular complexity index is 673. The van der Waals surface area contributed by atoms with Crippen LogP contribution in [0.4, 0.5) is 0 Å². The Labute approximate surface area is 163 Å². The topological polar surface area (TPSA) is 67.1 Å². The minimum atomic E-state index is -2.19. The molecule has 1 fully saturated rings. The minimum absolute atomic E-state index is 0.0271. The van der Waals surface area contributed by atoms with Crippen LogP contribution >= 0.6 is 0 Å². The number of furan rings is 1. The van der Waals surface area contributed by atoms with Gasteiger partial charge in [0.1, 0.15) is 11.8 Å². The average Bonchev–Trinajstić information content (AvgIpc) is 2.91. The van der Waals surface area contributed by atoms with Crippen molar-refractivity contribution in [3.63, 3.8) is 0 Å². The van der Waals surface area contributed by atoms with Gasteiger partial charge in [-0.2, -0.15) is 0 Å². The number of rotatable bonds is 5. The molecule has 0 amide bonds. The Kier molecular flexibility index (Phi) is 5.91. The molecule has 154 valence electrons. The molecule has 1 saturated heterocycles. The first-order valence-electron chi connectivity index (χ1n) is 9.35. The molecule has 0 aromatic carbocycles. The third-order valence-electron chi connectivity index (χ3n) is 5.40. The Morgan fingerprint density at radius 3 is 2.22 bits per heavy atom. The van der Waals surface area contributed by atoms with Gasteiger partial charge in [0, 0.05) is 5.41 Å². The normalized spacial score (nSPS) is 19.6. The summed E-state index contributed by atoms with van der Waals surface area (Å²) in [7, 11) is -0.844. The van der Waals surface area contributed by atoms with E-state index in [-0.39, 0.29) is 10.5 Å². The lowest BCUT2D eigenvalue weighted by Gasteiger charge is -2.41. The zero-order valence-corrected chi connectivity index (χ0v) is 19.1. The summed E-state index contributed by atoms with van der Waals surface area (Å²) in [4.78, 5) is 12.2. The third kappa shape index (κ3) is 4.95. The lowest BCUT2D eigenvalue weighted by Crippen LogP contribution is -2.47. The lowest BCUT2D eigenvalue weighted by atomic mass is 9.94. The standard InChI is InChI=1S/C20H34O6Si/c1-18(2,3)27(8,9)26-16-14(17(21)22-7)11-23-15(16)10-20(6)24-12-19(4,5)13-25-20/h11H,10,12-13H2,1-9H3. The van der Waals surface area contributed by atoms with E-state index in [9.17, 15) is 4.79 Å². The number of carbonyl (C=O) groups is 1. The smallest absolute Gasteiger partial charge is 0.344 e. The summed E-state index contributed by atoms with van der Waals surface area (Å²) >= 11 is 0. The van der Waals surface area contributed by atoms with Crippen LogP contribution in [0.15, 0.2) is 10.7 Å². The van der Waals surface area contributed by atoms with E-state index in [0.29, 0.717) is 36.7 Å². The zero-order chi connectivity index (χ0) is 20.7. The van der Waals surface area contributed by atoms with E-state index >= 15 is 0 Å².